The van der Waals surface area contributed by atoms with Crippen LogP contribution in [0.1, 0.15) is 48.0 Å². The molecule has 112 valence electrons. The van der Waals surface area contributed by atoms with Crippen LogP contribution in [0, 0.1) is 11.8 Å². The Hall–Kier alpha value is -1.10. The van der Waals surface area contributed by atoms with E-state index in [-0.39, 0.29) is 24.3 Å². The summed E-state index contributed by atoms with van der Waals surface area (Å²) in [5, 5.41) is 15.5. The van der Waals surface area contributed by atoms with Crippen molar-refractivity contribution < 1.29 is 14.7 Å². The average Bonchev–Trinajstić information content (AvgIpc) is 2.20. The number of carbonyl (C=O) groups excluding carboxylic acids is 2. The van der Waals surface area contributed by atoms with Crippen LogP contribution in [-0.2, 0) is 9.59 Å². The molecule has 0 aromatic carbocycles. The molecule has 2 unspecified atom stereocenters. The van der Waals surface area contributed by atoms with Gasteiger partial charge in [-0.05, 0) is 25.2 Å². The van der Waals surface area contributed by atoms with Crippen molar-refractivity contribution in [2.24, 2.45) is 11.8 Å². The lowest BCUT2D eigenvalue weighted by atomic mass is 9.94. The third kappa shape index (κ3) is 7.82. The first kappa shape index (κ1) is 17.9. The van der Waals surface area contributed by atoms with Crippen molar-refractivity contribution in [2.45, 2.75) is 59.6 Å². The van der Waals surface area contributed by atoms with Gasteiger partial charge in [0.25, 0.3) is 0 Å². The van der Waals surface area contributed by atoms with E-state index in [1.807, 2.05) is 27.7 Å². The Morgan fingerprint density at radius 2 is 1.74 bits per heavy atom. The lowest BCUT2D eigenvalue weighted by Crippen LogP contribution is -2.52. The van der Waals surface area contributed by atoms with E-state index < -0.39 is 11.6 Å². The maximum atomic E-state index is 12.0. The molecule has 0 fully saturated rings. The Morgan fingerprint density at radius 1 is 1.21 bits per heavy atom. The molecule has 0 aromatic heterocycles. The van der Waals surface area contributed by atoms with Gasteiger partial charge in [0.1, 0.15) is 6.04 Å². The Bertz CT molecular complexity index is 312. The molecule has 0 aromatic rings. The summed E-state index contributed by atoms with van der Waals surface area (Å²) in [6.45, 7) is 11.0. The van der Waals surface area contributed by atoms with Crippen molar-refractivity contribution >= 4 is 11.8 Å². The number of amides is 2. The van der Waals surface area contributed by atoms with E-state index in [1.54, 1.807) is 6.92 Å². The van der Waals surface area contributed by atoms with E-state index in [1.165, 1.54) is 6.92 Å². The predicted octanol–water partition coefficient (Wildman–Crippen LogP) is 1.06. The van der Waals surface area contributed by atoms with E-state index in [9.17, 15) is 14.7 Å². The summed E-state index contributed by atoms with van der Waals surface area (Å²) in [5.41, 5.74) is -0.929. The average molecular weight is 272 g/mol. The first-order valence-electron chi connectivity index (χ1n) is 6.82. The molecule has 2 atom stereocenters. The third-order valence-corrected chi connectivity index (χ3v) is 2.80. The predicted molar refractivity (Wildman–Crippen MR) is 75.5 cm³/mol. The molecule has 0 heterocycles. The molecule has 0 rings (SSSR count). The van der Waals surface area contributed by atoms with Crippen molar-refractivity contribution in [3.8, 4) is 0 Å². The van der Waals surface area contributed by atoms with Gasteiger partial charge in [-0.15, -0.1) is 0 Å². The first-order chi connectivity index (χ1) is 8.55. The molecule has 2 amide bonds. The highest BCUT2D eigenvalue weighted by molar-refractivity contribution is 5.87. The van der Waals surface area contributed by atoms with Crippen LogP contribution in [0.2, 0.25) is 0 Å². The summed E-state index contributed by atoms with van der Waals surface area (Å²) in [6.07, 6.45) is 0.611. The standard InChI is InChI=1S/C14H28N2O3/c1-9(2)7-14(6,19)8-15-13(18)12(10(3)4)16-11(5)17/h9-10,12,19H,7-8H2,1-6H3,(H,15,18)(H,16,17). The van der Waals surface area contributed by atoms with Gasteiger partial charge in [-0.25, -0.2) is 0 Å². The summed E-state index contributed by atoms with van der Waals surface area (Å²) in [6, 6.07) is -0.563. The van der Waals surface area contributed by atoms with Gasteiger partial charge in [0.2, 0.25) is 11.8 Å². The van der Waals surface area contributed by atoms with E-state index in [0.717, 1.165) is 0 Å². The van der Waals surface area contributed by atoms with Crippen LogP contribution in [0.5, 0.6) is 0 Å². The van der Waals surface area contributed by atoms with E-state index in [2.05, 4.69) is 10.6 Å². The maximum Gasteiger partial charge on any atom is 0.242 e. The molecule has 0 radical (unpaired) electrons. The normalized spacial score (nSPS) is 16.1. The summed E-state index contributed by atoms with van der Waals surface area (Å²) in [7, 11) is 0. The first-order valence-corrected chi connectivity index (χ1v) is 6.82. The third-order valence-electron chi connectivity index (χ3n) is 2.80. The van der Waals surface area contributed by atoms with E-state index in [4.69, 9.17) is 0 Å². The minimum Gasteiger partial charge on any atom is -0.388 e. The van der Waals surface area contributed by atoms with Gasteiger partial charge in [-0.3, -0.25) is 9.59 Å². The lowest BCUT2D eigenvalue weighted by molar-refractivity contribution is -0.130. The van der Waals surface area contributed by atoms with Crippen molar-refractivity contribution in [3.05, 3.63) is 0 Å². The molecule has 5 heteroatoms. The topological polar surface area (TPSA) is 78.4 Å². The fourth-order valence-electron chi connectivity index (χ4n) is 2.09. The molecule has 0 aliphatic rings. The number of hydrogen-bond acceptors (Lipinski definition) is 3. The lowest BCUT2D eigenvalue weighted by Gasteiger charge is -2.27. The van der Waals surface area contributed by atoms with Crippen LogP contribution in [0.4, 0.5) is 0 Å². The van der Waals surface area contributed by atoms with E-state index in [0.29, 0.717) is 12.3 Å². The Balaban J connectivity index is 4.45. The largest absolute Gasteiger partial charge is 0.388 e. The van der Waals surface area contributed by atoms with Crippen molar-refractivity contribution in [1.29, 1.82) is 0 Å². The highest BCUT2D eigenvalue weighted by Crippen LogP contribution is 2.15. The summed E-state index contributed by atoms with van der Waals surface area (Å²) >= 11 is 0. The van der Waals surface area contributed by atoms with Gasteiger partial charge < -0.3 is 15.7 Å². The fourth-order valence-corrected chi connectivity index (χ4v) is 2.09. The molecule has 19 heavy (non-hydrogen) atoms. The molecule has 0 saturated heterocycles. The number of carbonyl (C=O) groups is 2. The van der Waals surface area contributed by atoms with Gasteiger partial charge in [-0.1, -0.05) is 27.7 Å². The second-order valence-electron chi connectivity index (χ2n) is 6.23. The molecule has 0 bridgehead atoms. The highest BCUT2D eigenvalue weighted by Gasteiger charge is 2.27. The maximum absolute atomic E-state index is 12.0. The minimum atomic E-state index is -0.929. The fraction of sp³-hybridized carbons (Fsp3) is 0.857. The van der Waals surface area contributed by atoms with Crippen LogP contribution in [0.3, 0.4) is 0 Å². The molecule has 0 saturated carbocycles. The highest BCUT2D eigenvalue weighted by atomic mass is 16.3. The number of rotatable bonds is 7. The van der Waals surface area contributed by atoms with Crippen LogP contribution < -0.4 is 10.6 Å². The smallest absolute Gasteiger partial charge is 0.242 e. The quantitative estimate of drug-likeness (QED) is 0.648. The molecule has 0 aliphatic heterocycles. The molecule has 0 spiro atoms. The summed E-state index contributed by atoms with van der Waals surface area (Å²) < 4.78 is 0. The minimum absolute atomic E-state index is 0.000974. The Labute approximate surface area is 116 Å². The zero-order valence-electron chi connectivity index (χ0n) is 12.9. The van der Waals surface area contributed by atoms with Crippen molar-refractivity contribution in [2.75, 3.05) is 6.54 Å². The van der Waals surface area contributed by atoms with Crippen LogP contribution in [-0.4, -0.2) is 35.1 Å². The number of hydrogen-bond donors (Lipinski definition) is 3. The second kappa shape index (κ2) is 7.48. The summed E-state index contributed by atoms with van der Waals surface area (Å²) in [5.74, 6) is -0.140. The van der Waals surface area contributed by atoms with Crippen LogP contribution in [0.25, 0.3) is 0 Å². The number of aliphatic hydroxyl groups is 1. The summed E-state index contributed by atoms with van der Waals surface area (Å²) in [4.78, 5) is 23.1. The second-order valence-corrected chi connectivity index (χ2v) is 6.23. The van der Waals surface area contributed by atoms with Crippen LogP contribution >= 0.6 is 0 Å². The zero-order valence-corrected chi connectivity index (χ0v) is 12.9. The molecular formula is C14H28N2O3. The Morgan fingerprint density at radius 3 is 2.11 bits per heavy atom. The molecule has 0 aliphatic carbocycles. The zero-order chi connectivity index (χ0) is 15.2. The van der Waals surface area contributed by atoms with Gasteiger partial charge in [-0.2, -0.15) is 0 Å². The SMILES string of the molecule is CC(=O)NC(C(=O)NCC(C)(O)CC(C)C)C(C)C. The molecular weight excluding hydrogens is 244 g/mol. The van der Waals surface area contributed by atoms with E-state index >= 15 is 0 Å². The van der Waals surface area contributed by atoms with Gasteiger partial charge in [0.15, 0.2) is 0 Å². The number of nitrogens with one attached hydrogen (secondary N) is 2. The van der Waals surface area contributed by atoms with Crippen molar-refractivity contribution in [3.63, 3.8) is 0 Å². The van der Waals surface area contributed by atoms with Crippen molar-refractivity contribution in [1.82, 2.24) is 10.6 Å². The molecule has 5 nitrogen and oxygen atoms in total. The van der Waals surface area contributed by atoms with Gasteiger partial charge in [0, 0.05) is 13.5 Å². The van der Waals surface area contributed by atoms with Gasteiger partial charge in [0.05, 0.1) is 5.60 Å². The van der Waals surface area contributed by atoms with Crippen LogP contribution in [0.15, 0.2) is 0 Å². The van der Waals surface area contributed by atoms with Gasteiger partial charge >= 0.3 is 0 Å². The molecule has 3 N–H and O–H groups in total. The monoisotopic (exact) mass is 272 g/mol. The Kier molecular flexibility index (Phi) is 7.05.